The van der Waals surface area contributed by atoms with E-state index in [1.807, 2.05) is 0 Å². The van der Waals surface area contributed by atoms with Crippen molar-refractivity contribution in [2.24, 2.45) is 0 Å². The van der Waals surface area contributed by atoms with E-state index in [0.29, 0.717) is 0 Å². The van der Waals surface area contributed by atoms with Crippen LogP contribution in [0.5, 0.6) is 0 Å². The number of hydrogen-bond acceptors (Lipinski definition) is 5. The van der Waals surface area contributed by atoms with Gasteiger partial charge >= 0.3 is 5.97 Å². The van der Waals surface area contributed by atoms with Crippen molar-refractivity contribution in [3.8, 4) is 0 Å². The smallest absolute Gasteiger partial charge is 0.365 e. The van der Waals surface area contributed by atoms with E-state index >= 15 is 0 Å². The Kier molecular flexibility index (Phi) is 3.99. The van der Waals surface area contributed by atoms with Crippen molar-refractivity contribution < 1.29 is 20.1 Å². The second-order valence-electron chi connectivity index (χ2n) is 2.55. The Morgan fingerprint density at radius 2 is 2.29 bits per heavy atom. The number of carboxylic acid groups (broad SMARTS) is 1. The summed E-state index contributed by atoms with van der Waals surface area (Å²) in [5.41, 5.74) is 0.180. The molecule has 0 spiro atoms. The molecule has 7 heteroatoms. The molecule has 0 radical (unpaired) electrons. The van der Waals surface area contributed by atoms with E-state index < -0.39 is 18.2 Å². The highest BCUT2D eigenvalue weighted by molar-refractivity contribution is 9.09. The number of aromatic carboxylic acids is 1. The van der Waals surface area contributed by atoms with Crippen LogP contribution in [0.15, 0.2) is 5.38 Å². The number of hydrogen-bond donors (Lipinski definition) is 3. The van der Waals surface area contributed by atoms with Crippen LogP contribution in [-0.4, -0.2) is 37.7 Å². The van der Waals surface area contributed by atoms with Crippen molar-refractivity contribution in [3.05, 3.63) is 16.1 Å². The van der Waals surface area contributed by atoms with Gasteiger partial charge in [-0.2, -0.15) is 0 Å². The third-order valence-corrected chi connectivity index (χ3v) is 3.04. The van der Waals surface area contributed by atoms with Crippen molar-refractivity contribution in [2.75, 3.05) is 5.33 Å². The second-order valence-corrected chi connectivity index (χ2v) is 4.05. The summed E-state index contributed by atoms with van der Waals surface area (Å²) in [5, 5.41) is 28.8. The van der Waals surface area contributed by atoms with E-state index in [0.717, 1.165) is 11.3 Å². The molecule has 2 atom stereocenters. The molecule has 1 heterocycles. The Bertz CT molecular complexity index is 329. The van der Waals surface area contributed by atoms with Gasteiger partial charge in [0.1, 0.15) is 6.10 Å². The predicted octanol–water partition coefficient (Wildman–Crippen LogP) is 0.630. The predicted molar refractivity (Wildman–Crippen MR) is 53.8 cm³/mol. The minimum atomic E-state index is -1.15. The molecule has 0 aliphatic heterocycles. The highest BCUT2D eigenvalue weighted by Crippen LogP contribution is 2.20. The highest BCUT2D eigenvalue weighted by atomic mass is 79.9. The van der Waals surface area contributed by atoms with Crippen LogP contribution in [0.25, 0.3) is 0 Å². The lowest BCUT2D eigenvalue weighted by atomic mass is 10.2. The van der Waals surface area contributed by atoms with Crippen LogP contribution >= 0.6 is 27.3 Å². The second kappa shape index (κ2) is 4.83. The lowest BCUT2D eigenvalue weighted by Gasteiger charge is -2.12. The molecule has 1 aromatic rings. The number of carboxylic acids is 1. The standard InChI is InChI=1S/C7H8BrNO4S/c8-1-4(10)5(11)3-2-14-6(9-3)7(12)13/h2,4-5,10-11H,1H2,(H,12,13). The monoisotopic (exact) mass is 281 g/mol. The van der Waals surface area contributed by atoms with Crippen LogP contribution in [0.3, 0.4) is 0 Å². The number of aromatic nitrogens is 1. The number of aliphatic hydroxyl groups is 2. The summed E-state index contributed by atoms with van der Waals surface area (Å²) in [6.45, 7) is 0. The fourth-order valence-corrected chi connectivity index (χ4v) is 1.84. The molecule has 78 valence electrons. The van der Waals surface area contributed by atoms with E-state index in [1.165, 1.54) is 5.38 Å². The summed E-state index contributed by atoms with van der Waals surface area (Å²) in [6.07, 6.45) is -2.14. The molecule has 5 nitrogen and oxygen atoms in total. The first-order chi connectivity index (χ1) is 6.56. The van der Waals surface area contributed by atoms with Crippen LogP contribution in [0.1, 0.15) is 21.6 Å². The Labute approximate surface area is 92.2 Å². The van der Waals surface area contributed by atoms with Gasteiger partial charge in [0.15, 0.2) is 0 Å². The van der Waals surface area contributed by atoms with Crippen LogP contribution in [0.4, 0.5) is 0 Å². The summed E-state index contributed by atoms with van der Waals surface area (Å²) < 4.78 is 0. The number of aliphatic hydroxyl groups excluding tert-OH is 2. The average molecular weight is 282 g/mol. The third-order valence-electron chi connectivity index (χ3n) is 1.53. The molecule has 3 N–H and O–H groups in total. The molecule has 0 bridgehead atoms. The first-order valence-corrected chi connectivity index (χ1v) is 5.67. The first kappa shape index (κ1) is 11.6. The topological polar surface area (TPSA) is 90.7 Å². The van der Waals surface area contributed by atoms with E-state index in [9.17, 15) is 15.0 Å². The minimum Gasteiger partial charge on any atom is -0.476 e. The van der Waals surface area contributed by atoms with Crippen LogP contribution in [-0.2, 0) is 0 Å². The Morgan fingerprint density at radius 3 is 2.71 bits per heavy atom. The molecule has 0 saturated heterocycles. The maximum absolute atomic E-state index is 10.5. The summed E-state index contributed by atoms with van der Waals surface area (Å²) in [6, 6.07) is 0. The molecule has 2 unspecified atom stereocenters. The zero-order valence-corrected chi connectivity index (χ0v) is 9.32. The Morgan fingerprint density at radius 1 is 1.64 bits per heavy atom. The molecule has 0 aromatic carbocycles. The Balaban J connectivity index is 2.81. The maximum atomic E-state index is 10.5. The van der Waals surface area contributed by atoms with Gasteiger partial charge in [0.2, 0.25) is 5.01 Å². The van der Waals surface area contributed by atoms with Gasteiger partial charge in [0.25, 0.3) is 0 Å². The van der Waals surface area contributed by atoms with E-state index in [2.05, 4.69) is 20.9 Å². The number of carbonyl (C=O) groups is 1. The molecule has 0 saturated carbocycles. The van der Waals surface area contributed by atoms with Gasteiger partial charge in [0.05, 0.1) is 11.8 Å². The Hall–Kier alpha value is -0.500. The fraction of sp³-hybridized carbons (Fsp3) is 0.429. The van der Waals surface area contributed by atoms with Crippen LogP contribution in [0.2, 0.25) is 0 Å². The lowest BCUT2D eigenvalue weighted by molar-refractivity contribution is 0.0317. The number of halogens is 1. The fourth-order valence-electron chi connectivity index (χ4n) is 0.802. The van der Waals surface area contributed by atoms with Gasteiger partial charge in [-0.1, -0.05) is 15.9 Å². The van der Waals surface area contributed by atoms with Gasteiger partial charge in [-0.15, -0.1) is 11.3 Å². The van der Waals surface area contributed by atoms with E-state index in [1.54, 1.807) is 0 Å². The molecule has 1 rings (SSSR count). The van der Waals surface area contributed by atoms with Crippen molar-refractivity contribution in [1.29, 1.82) is 0 Å². The van der Waals surface area contributed by atoms with Gasteiger partial charge < -0.3 is 15.3 Å². The zero-order valence-electron chi connectivity index (χ0n) is 6.92. The molecular weight excluding hydrogens is 274 g/mol. The summed E-state index contributed by atoms with van der Waals surface area (Å²) in [5.74, 6) is -1.14. The van der Waals surface area contributed by atoms with Crippen LogP contribution < -0.4 is 0 Å². The summed E-state index contributed by atoms with van der Waals surface area (Å²) in [7, 11) is 0. The highest BCUT2D eigenvalue weighted by Gasteiger charge is 2.21. The van der Waals surface area contributed by atoms with Crippen molar-refractivity contribution >= 4 is 33.2 Å². The molecular formula is C7H8BrNO4S. The molecule has 14 heavy (non-hydrogen) atoms. The number of nitrogens with zero attached hydrogens (tertiary/aromatic N) is 1. The van der Waals surface area contributed by atoms with Crippen molar-refractivity contribution in [1.82, 2.24) is 4.98 Å². The number of rotatable bonds is 4. The molecule has 0 aliphatic carbocycles. The average Bonchev–Trinajstić information content (AvgIpc) is 2.64. The van der Waals surface area contributed by atoms with E-state index in [-0.39, 0.29) is 16.0 Å². The largest absolute Gasteiger partial charge is 0.476 e. The third kappa shape index (κ3) is 2.50. The molecule has 0 aliphatic rings. The minimum absolute atomic E-state index is 0.0965. The molecule has 0 fully saturated rings. The number of alkyl halides is 1. The first-order valence-electron chi connectivity index (χ1n) is 3.67. The van der Waals surface area contributed by atoms with Gasteiger partial charge in [0, 0.05) is 10.7 Å². The zero-order chi connectivity index (χ0) is 10.7. The normalized spacial score (nSPS) is 15.1. The quantitative estimate of drug-likeness (QED) is 0.705. The van der Waals surface area contributed by atoms with Gasteiger partial charge in [-0.3, -0.25) is 0 Å². The molecule has 0 amide bonds. The van der Waals surface area contributed by atoms with Gasteiger partial charge in [-0.25, -0.2) is 9.78 Å². The van der Waals surface area contributed by atoms with Gasteiger partial charge in [-0.05, 0) is 0 Å². The van der Waals surface area contributed by atoms with Crippen molar-refractivity contribution in [3.63, 3.8) is 0 Å². The SMILES string of the molecule is O=C(O)c1nc(C(O)C(O)CBr)cs1. The van der Waals surface area contributed by atoms with Crippen LogP contribution in [0, 0.1) is 0 Å². The molecule has 1 aromatic heterocycles. The lowest BCUT2D eigenvalue weighted by Crippen LogP contribution is -2.19. The van der Waals surface area contributed by atoms with E-state index in [4.69, 9.17) is 5.11 Å². The maximum Gasteiger partial charge on any atom is 0.365 e. The summed E-state index contributed by atoms with van der Waals surface area (Å²) >= 11 is 3.91. The van der Waals surface area contributed by atoms with Crippen molar-refractivity contribution in [2.45, 2.75) is 12.2 Å². The number of thiazole rings is 1. The summed E-state index contributed by atoms with van der Waals surface area (Å²) in [4.78, 5) is 14.1.